The van der Waals surface area contributed by atoms with Crippen molar-refractivity contribution >= 4 is 5.82 Å². The number of anilines is 1. The predicted octanol–water partition coefficient (Wildman–Crippen LogP) is -0.511. The second kappa shape index (κ2) is 4.18. The van der Waals surface area contributed by atoms with E-state index >= 15 is 0 Å². The number of aliphatic hydroxyl groups is 2. The molecule has 1 aliphatic heterocycles. The molecule has 1 unspecified atom stereocenters. The standard InChI is InChI=1S/C11H11F4N3O4/c12-5-6(18-2-1-4(16)17-8(18)20)22-9(3-10(13,14)15)7(19)11(5,9)21/h1-2,5-7,19,21H,3H2,(H2,16,17,20)/t5-,6+,7?,9+,11+/m0/s1. The third-order valence-corrected chi connectivity index (χ3v) is 4.04. The number of aromatic nitrogens is 2. The van der Waals surface area contributed by atoms with Crippen LogP contribution in [0.5, 0.6) is 0 Å². The van der Waals surface area contributed by atoms with Crippen molar-refractivity contribution in [1.82, 2.24) is 9.55 Å². The Bertz CT molecular complexity index is 680. The van der Waals surface area contributed by atoms with Gasteiger partial charge in [0.05, 0.1) is 6.42 Å². The van der Waals surface area contributed by atoms with E-state index in [1.165, 1.54) is 0 Å². The first-order valence-electron chi connectivity index (χ1n) is 6.17. The molecule has 1 saturated carbocycles. The van der Waals surface area contributed by atoms with E-state index in [1.807, 2.05) is 0 Å². The average Bonchev–Trinajstić information content (AvgIpc) is 2.71. The molecule has 0 radical (unpaired) electrons. The van der Waals surface area contributed by atoms with Crippen LogP contribution in [0, 0.1) is 0 Å². The Morgan fingerprint density at radius 2 is 2.14 bits per heavy atom. The Labute approximate surface area is 119 Å². The highest BCUT2D eigenvalue weighted by molar-refractivity contribution is 5.36. The normalized spacial score (nSPS) is 40.5. The van der Waals surface area contributed by atoms with Crippen LogP contribution in [0.3, 0.4) is 0 Å². The van der Waals surface area contributed by atoms with Crippen LogP contribution in [-0.2, 0) is 4.74 Å². The predicted molar refractivity (Wildman–Crippen MR) is 62.3 cm³/mol. The third-order valence-electron chi connectivity index (χ3n) is 4.04. The molecule has 2 aliphatic rings. The van der Waals surface area contributed by atoms with E-state index in [1.54, 1.807) is 0 Å². The van der Waals surface area contributed by atoms with Crippen molar-refractivity contribution in [2.24, 2.45) is 0 Å². The van der Waals surface area contributed by atoms with Crippen molar-refractivity contribution in [3.05, 3.63) is 22.7 Å². The van der Waals surface area contributed by atoms with Crippen LogP contribution in [0.25, 0.3) is 0 Å². The Morgan fingerprint density at radius 1 is 1.50 bits per heavy atom. The number of hydrogen-bond donors (Lipinski definition) is 3. The zero-order valence-corrected chi connectivity index (χ0v) is 10.8. The number of nitrogens with zero attached hydrogens (tertiary/aromatic N) is 2. The van der Waals surface area contributed by atoms with Gasteiger partial charge in [-0.25, -0.2) is 9.18 Å². The Morgan fingerprint density at radius 3 is 2.68 bits per heavy atom. The van der Waals surface area contributed by atoms with Crippen LogP contribution < -0.4 is 11.4 Å². The monoisotopic (exact) mass is 325 g/mol. The lowest BCUT2D eigenvalue weighted by atomic mass is 10.1. The first-order valence-corrected chi connectivity index (χ1v) is 6.17. The summed E-state index contributed by atoms with van der Waals surface area (Å²) in [6.07, 6.45) is -11.9. The van der Waals surface area contributed by atoms with Crippen LogP contribution in [0.1, 0.15) is 12.6 Å². The number of ether oxygens (including phenoxy) is 1. The molecular formula is C11H11F4N3O4. The first-order chi connectivity index (χ1) is 10.0. The lowest BCUT2D eigenvalue weighted by Gasteiger charge is -2.22. The molecule has 1 aromatic rings. The molecule has 2 heterocycles. The van der Waals surface area contributed by atoms with E-state index in [4.69, 9.17) is 10.5 Å². The van der Waals surface area contributed by atoms with Gasteiger partial charge in [0.15, 0.2) is 18.0 Å². The van der Waals surface area contributed by atoms with E-state index in [2.05, 4.69) is 4.98 Å². The summed E-state index contributed by atoms with van der Waals surface area (Å²) >= 11 is 0. The summed E-state index contributed by atoms with van der Waals surface area (Å²) in [4.78, 5) is 14.9. The van der Waals surface area contributed by atoms with E-state index in [0.29, 0.717) is 4.57 Å². The molecule has 4 N–H and O–H groups in total. The number of nitrogen functional groups attached to an aromatic ring is 1. The molecule has 5 atom stereocenters. The molecule has 3 rings (SSSR count). The van der Waals surface area contributed by atoms with Crippen molar-refractivity contribution in [3.8, 4) is 0 Å². The van der Waals surface area contributed by atoms with E-state index < -0.39 is 48.0 Å². The van der Waals surface area contributed by atoms with Gasteiger partial charge in [0.2, 0.25) is 0 Å². The number of fused-ring (bicyclic) bond motifs is 1. The minimum Gasteiger partial charge on any atom is -0.387 e. The lowest BCUT2D eigenvalue weighted by Crippen LogP contribution is -2.38. The second-order valence-electron chi connectivity index (χ2n) is 5.36. The van der Waals surface area contributed by atoms with Crippen LogP contribution in [0.2, 0.25) is 0 Å². The third kappa shape index (κ3) is 1.79. The SMILES string of the molecule is Nc1ccn([C@@H]2O[C@]3(CC(F)(F)F)C(O)[C@]3(O)[C@H]2F)c(=O)n1. The molecule has 1 aromatic heterocycles. The largest absolute Gasteiger partial charge is 0.392 e. The smallest absolute Gasteiger partial charge is 0.387 e. The van der Waals surface area contributed by atoms with E-state index in [0.717, 1.165) is 12.3 Å². The minimum absolute atomic E-state index is 0.163. The van der Waals surface area contributed by atoms with Crippen LogP contribution in [0.15, 0.2) is 17.1 Å². The molecule has 1 aliphatic carbocycles. The summed E-state index contributed by atoms with van der Waals surface area (Å²) in [7, 11) is 0. The number of rotatable bonds is 2. The van der Waals surface area contributed by atoms with Gasteiger partial charge in [-0.05, 0) is 6.07 Å². The second-order valence-corrected chi connectivity index (χ2v) is 5.36. The average molecular weight is 325 g/mol. The molecule has 0 bridgehead atoms. The van der Waals surface area contributed by atoms with Crippen LogP contribution in [-0.4, -0.2) is 49.4 Å². The van der Waals surface area contributed by atoms with Gasteiger partial charge >= 0.3 is 11.9 Å². The van der Waals surface area contributed by atoms with Gasteiger partial charge in [-0.3, -0.25) is 4.57 Å². The zero-order chi connectivity index (χ0) is 16.5. The molecule has 0 spiro atoms. The molecule has 2 fully saturated rings. The highest BCUT2D eigenvalue weighted by atomic mass is 19.4. The molecule has 7 nitrogen and oxygen atoms in total. The van der Waals surface area contributed by atoms with Gasteiger partial charge in [0.1, 0.15) is 17.5 Å². The fourth-order valence-electron chi connectivity index (χ4n) is 2.93. The van der Waals surface area contributed by atoms with Crippen LogP contribution >= 0.6 is 0 Å². The number of aliphatic hydroxyl groups excluding tert-OH is 1. The number of halogens is 4. The molecule has 11 heteroatoms. The molecule has 0 amide bonds. The van der Waals surface area contributed by atoms with Gasteiger partial charge in [-0.1, -0.05) is 0 Å². The Kier molecular flexibility index (Phi) is 2.88. The summed E-state index contributed by atoms with van der Waals surface area (Å²) in [5.41, 5.74) is -1.05. The Hall–Kier alpha value is -1.72. The summed E-state index contributed by atoms with van der Waals surface area (Å²) in [6.45, 7) is 0. The van der Waals surface area contributed by atoms with E-state index in [9.17, 15) is 32.6 Å². The topological polar surface area (TPSA) is 111 Å². The highest BCUT2D eigenvalue weighted by Gasteiger charge is 2.89. The summed E-state index contributed by atoms with van der Waals surface area (Å²) in [5, 5.41) is 19.5. The molecule has 0 aromatic carbocycles. The fraction of sp³-hybridized carbons (Fsp3) is 0.636. The van der Waals surface area contributed by atoms with Crippen LogP contribution in [0.4, 0.5) is 23.4 Å². The molecule has 122 valence electrons. The zero-order valence-electron chi connectivity index (χ0n) is 10.8. The van der Waals surface area contributed by atoms with Gasteiger partial charge < -0.3 is 20.7 Å². The van der Waals surface area contributed by atoms with Crippen molar-refractivity contribution in [2.45, 2.75) is 42.3 Å². The van der Waals surface area contributed by atoms with Gasteiger partial charge in [0.25, 0.3) is 0 Å². The van der Waals surface area contributed by atoms with E-state index in [-0.39, 0.29) is 5.82 Å². The summed E-state index contributed by atoms with van der Waals surface area (Å²) in [6, 6.07) is 1.12. The first kappa shape index (κ1) is 15.2. The molecule has 1 saturated heterocycles. The minimum atomic E-state index is -4.80. The number of alkyl halides is 4. The maximum absolute atomic E-state index is 14.3. The lowest BCUT2D eigenvalue weighted by molar-refractivity contribution is -0.185. The summed E-state index contributed by atoms with van der Waals surface area (Å²) in [5.74, 6) is -0.163. The Balaban J connectivity index is 1.97. The molecule has 22 heavy (non-hydrogen) atoms. The van der Waals surface area contributed by atoms with Crippen molar-refractivity contribution < 1.29 is 32.5 Å². The highest BCUT2D eigenvalue weighted by Crippen LogP contribution is 2.66. The molecular weight excluding hydrogens is 314 g/mol. The van der Waals surface area contributed by atoms with Crippen molar-refractivity contribution in [3.63, 3.8) is 0 Å². The quantitative estimate of drug-likeness (QED) is 0.632. The number of nitrogens with two attached hydrogens (primary N) is 1. The maximum atomic E-state index is 14.3. The van der Waals surface area contributed by atoms with Crippen molar-refractivity contribution in [2.75, 3.05) is 5.73 Å². The van der Waals surface area contributed by atoms with Gasteiger partial charge in [-0.15, -0.1) is 0 Å². The fourth-order valence-corrected chi connectivity index (χ4v) is 2.93. The summed E-state index contributed by atoms with van der Waals surface area (Å²) < 4.78 is 57.6. The number of hydrogen-bond acceptors (Lipinski definition) is 6. The maximum Gasteiger partial charge on any atom is 0.392 e. The van der Waals surface area contributed by atoms with Gasteiger partial charge in [0, 0.05) is 6.20 Å². The van der Waals surface area contributed by atoms with Gasteiger partial charge in [-0.2, -0.15) is 18.2 Å². The van der Waals surface area contributed by atoms with Crippen molar-refractivity contribution in [1.29, 1.82) is 0 Å².